The predicted octanol–water partition coefficient (Wildman–Crippen LogP) is 5.06. The maximum Gasteiger partial charge on any atom is 0.341 e. The summed E-state index contributed by atoms with van der Waals surface area (Å²) in [4.78, 5) is 20.8. The number of pyridine rings is 1. The van der Waals surface area contributed by atoms with Gasteiger partial charge in [-0.2, -0.15) is 0 Å². The summed E-state index contributed by atoms with van der Waals surface area (Å²) < 4.78 is 5.43. The van der Waals surface area contributed by atoms with Gasteiger partial charge in [-0.3, -0.25) is 4.98 Å². The number of benzene rings is 2. The van der Waals surface area contributed by atoms with Gasteiger partial charge in [0.2, 0.25) is 0 Å². The number of rotatable bonds is 9. The molecule has 3 aromatic rings. The maximum atomic E-state index is 10.8. The van der Waals surface area contributed by atoms with Crippen molar-refractivity contribution in [3.8, 4) is 5.75 Å². The Morgan fingerprint density at radius 3 is 2.59 bits per heavy atom. The van der Waals surface area contributed by atoms with E-state index in [4.69, 9.17) is 14.7 Å². The summed E-state index contributed by atoms with van der Waals surface area (Å²) >= 11 is 0. The molecule has 0 bridgehead atoms. The minimum Gasteiger partial charge on any atom is -0.482 e. The number of hydrogen-bond acceptors (Lipinski definition) is 5. The monoisotopic (exact) mass is 428 g/mol. The van der Waals surface area contributed by atoms with Crippen molar-refractivity contribution in [2.24, 2.45) is 5.16 Å². The molecule has 0 radical (unpaired) electrons. The lowest BCUT2D eigenvalue weighted by Gasteiger charge is -2.19. The average Bonchev–Trinajstić information content (AvgIpc) is 2.83. The number of fused-ring (bicyclic) bond motifs is 1. The molecule has 0 aliphatic heterocycles. The van der Waals surface area contributed by atoms with E-state index in [-0.39, 0.29) is 12.7 Å². The van der Waals surface area contributed by atoms with Crippen molar-refractivity contribution in [1.29, 1.82) is 0 Å². The SMILES string of the molecule is O=C(O)COc1cccc2c1CCC(CC=NOC(c1ccccc1)c1ccncc1)=C2. The molecule has 0 amide bonds. The van der Waals surface area contributed by atoms with Crippen molar-refractivity contribution in [1.82, 2.24) is 4.98 Å². The second-order valence-electron chi connectivity index (χ2n) is 7.48. The van der Waals surface area contributed by atoms with Gasteiger partial charge in [0.1, 0.15) is 5.75 Å². The Kier molecular flexibility index (Phi) is 6.92. The van der Waals surface area contributed by atoms with E-state index in [1.165, 1.54) is 5.57 Å². The summed E-state index contributed by atoms with van der Waals surface area (Å²) in [5.41, 5.74) is 5.36. The molecule has 0 spiro atoms. The number of oxime groups is 1. The number of ether oxygens (including phenoxy) is 1. The van der Waals surface area contributed by atoms with Crippen LogP contribution in [0.2, 0.25) is 0 Å². The van der Waals surface area contributed by atoms with Crippen molar-refractivity contribution >= 4 is 18.3 Å². The molecular weight excluding hydrogens is 404 g/mol. The lowest BCUT2D eigenvalue weighted by atomic mass is 9.90. The van der Waals surface area contributed by atoms with E-state index in [1.807, 2.05) is 60.7 Å². The molecule has 1 unspecified atom stereocenters. The molecule has 162 valence electrons. The van der Waals surface area contributed by atoms with E-state index in [2.05, 4.69) is 16.2 Å². The molecule has 1 aromatic heterocycles. The van der Waals surface area contributed by atoms with Gasteiger partial charge in [-0.1, -0.05) is 59.3 Å². The highest BCUT2D eigenvalue weighted by molar-refractivity contribution is 5.70. The van der Waals surface area contributed by atoms with Crippen molar-refractivity contribution in [3.63, 3.8) is 0 Å². The molecule has 1 heterocycles. The zero-order valence-corrected chi connectivity index (χ0v) is 17.6. The second kappa shape index (κ2) is 10.4. The van der Waals surface area contributed by atoms with Gasteiger partial charge in [-0.05, 0) is 42.2 Å². The minimum absolute atomic E-state index is 0.301. The summed E-state index contributed by atoms with van der Waals surface area (Å²) in [5.74, 6) is -0.341. The van der Waals surface area contributed by atoms with E-state index in [1.54, 1.807) is 18.6 Å². The van der Waals surface area contributed by atoms with Gasteiger partial charge in [0.05, 0.1) is 0 Å². The summed E-state index contributed by atoms with van der Waals surface area (Å²) in [5, 5.41) is 13.1. The van der Waals surface area contributed by atoms with Gasteiger partial charge >= 0.3 is 5.97 Å². The van der Waals surface area contributed by atoms with Crippen LogP contribution in [0.5, 0.6) is 5.75 Å². The Morgan fingerprint density at radius 1 is 1.03 bits per heavy atom. The molecule has 6 nitrogen and oxygen atoms in total. The Bertz CT molecular complexity index is 1070. The molecule has 0 fully saturated rings. The van der Waals surface area contributed by atoms with Crippen LogP contribution in [-0.2, 0) is 16.1 Å². The summed E-state index contributed by atoms with van der Waals surface area (Å²) in [7, 11) is 0. The van der Waals surface area contributed by atoms with Crippen molar-refractivity contribution in [2.75, 3.05) is 6.61 Å². The van der Waals surface area contributed by atoms with Gasteiger partial charge in [0, 0.05) is 36.2 Å². The zero-order valence-electron chi connectivity index (χ0n) is 17.6. The van der Waals surface area contributed by atoms with Crippen LogP contribution in [0, 0.1) is 0 Å². The number of aromatic nitrogens is 1. The number of carbonyl (C=O) groups is 1. The fourth-order valence-corrected chi connectivity index (χ4v) is 3.74. The van der Waals surface area contributed by atoms with Gasteiger partial charge in [-0.25, -0.2) is 4.79 Å². The van der Waals surface area contributed by atoms with Crippen LogP contribution in [0.1, 0.15) is 41.2 Å². The van der Waals surface area contributed by atoms with Crippen LogP contribution in [0.15, 0.2) is 83.8 Å². The Morgan fingerprint density at radius 2 is 1.81 bits per heavy atom. The van der Waals surface area contributed by atoms with Crippen LogP contribution in [0.25, 0.3) is 6.08 Å². The first kappa shape index (κ1) is 21.3. The number of carboxylic acids is 1. The third-order valence-corrected chi connectivity index (χ3v) is 5.28. The minimum atomic E-state index is -0.980. The second-order valence-corrected chi connectivity index (χ2v) is 7.48. The van der Waals surface area contributed by atoms with Gasteiger partial charge in [0.25, 0.3) is 0 Å². The third kappa shape index (κ3) is 5.40. The van der Waals surface area contributed by atoms with Crippen LogP contribution < -0.4 is 4.74 Å². The van der Waals surface area contributed by atoms with E-state index in [0.717, 1.165) is 35.1 Å². The standard InChI is InChI=1S/C26H24N2O4/c29-25(30)18-31-24-8-4-7-22-17-19(9-10-23(22)24)11-16-28-32-26(20-5-2-1-3-6-20)21-12-14-27-15-13-21/h1-8,12-17,26H,9-11,18H2,(H,29,30). The normalized spacial score (nSPS) is 13.8. The Hall–Kier alpha value is -3.93. The highest BCUT2D eigenvalue weighted by Crippen LogP contribution is 2.32. The van der Waals surface area contributed by atoms with E-state index < -0.39 is 5.97 Å². The molecule has 1 N–H and O–H groups in total. The number of nitrogens with zero attached hydrogens (tertiary/aromatic N) is 2. The fraction of sp³-hybridized carbons (Fsp3) is 0.192. The van der Waals surface area contributed by atoms with Crippen LogP contribution in [0.4, 0.5) is 0 Å². The molecule has 1 aliphatic rings. The highest BCUT2D eigenvalue weighted by atomic mass is 16.6. The number of allylic oxidation sites excluding steroid dienone is 1. The first-order valence-corrected chi connectivity index (χ1v) is 10.5. The molecule has 32 heavy (non-hydrogen) atoms. The molecule has 0 saturated heterocycles. The maximum absolute atomic E-state index is 10.8. The molecule has 4 rings (SSSR count). The van der Waals surface area contributed by atoms with Crippen LogP contribution >= 0.6 is 0 Å². The number of hydrogen-bond donors (Lipinski definition) is 1. The van der Waals surface area contributed by atoms with Crippen molar-refractivity contribution in [2.45, 2.75) is 25.4 Å². The number of aliphatic carboxylic acids is 1. The average molecular weight is 428 g/mol. The molecular formula is C26H24N2O4. The smallest absolute Gasteiger partial charge is 0.341 e. The highest BCUT2D eigenvalue weighted by Gasteiger charge is 2.16. The Labute approximate surface area is 186 Å². The Balaban J connectivity index is 1.43. The fourth-order valence-electron chi connectivity index (χ4n) is 3.74. The first-order valence-electron chi connectivity index (χ1n) is 10.5. The lowest BCUT2D eigenvalue weighted by molar-refractivity contribution is -0.139. The number of carboxylic acid groups (broad SMARTS) is 1. The van der Waals surface area contributed by atoms with Crippen molar-refractivity contribution in [3.05, 3.63) is 101 Å². The summed E-state index contributed by atoms with van der Waals surface area (Å²) in [6.07, 6.45) is 9.44. The van der Waals surface area contributed by atoms with E-state index in [9.17, 15) is 4.79 Å². The van der Waals surface area contributed by atoms with E-state index in [0.29, 0.717) is 12.2 Å². The predicted molar refractivity (Wildman–Crippen MR) is 123 cm³/mol. The van der Waals surface area contributed by atoms with Crippen LogP contribution in [-0.4, -0.2) is 28.9 Å². The molecule has 0 saturated carbocycles. The van der Waals surface area contributed by atoms with Gasteiger partial charge < -0.3 is 14.7 Å². The molecule has 1 aliphatic carbocycles. The van der Waals surface area contributed by atoms with Gasteiger partial charge in [-0.15, -0.1) is 0 Å². The topological polar surface area (TPSA) is 81.0 Å². The largest absolute Gasteiger partial charge is 0.482 e. The molecule has 2 aromatic carbocycles. The van der Waals surface area contributed by atoms with E-state index >= 15 is 0 Å². The quantitative estimate of drug-likeness (QED) is 0.381. The third-order valence-electron chi connectivity index (χ3n) is 5.28. The summed E-state index contributed by atoms with van der Waals surface area (Å²) in [6.45, 7) is -0.336. The molecule has 6 heteroatoms. The zero-order chi connectivity index (χ0) is 22.2. The summed E-state index contributed by atoms with van der Waals surface area (Å²) in [6, 6.07) is 19.5. The lowest BCUT2D eigenvalue weighted by Crippen LogP contribution is -2.12. The van der Waals surface area contributed by atoms with Crippen molar-refractivity contribution < 1.29 is 19.5 Å². The van der Waals surface area contributed by atoms with Crippen LogP contribution in [0.3, 0.4) is 0 Å². The first-order chi connectivity index (χ1) is 15.7. The molecule has 1 atom stereocenters. The van der Waals surface area contributed by atoms with Gasteiger partial charge in [0.15, 0.2) is 12.7 Å².